The Bertz CT molecular complexity index is 1340. The second kappa shape index (κ2) is 12.8. The number of benzene rings is 1. The second-order valence-electron chi connectivity index (χ2n) is 11.9. The van der Waals surface area contributed by atoms with E-state index in [4.69, 9.17) is 9.47 Å². The van der Waals surface area contributed by atoms with Crippen LogP contribution in [-0.2, 0) is 19.7 Å². The van der Waals surface area contributed by atoms with Crippen molar-refractivity contribution in [3.63, 3.8) is 0 Å². The lowest BCUT2D eigenvalue weighted by molar-refractivity contribution is -0.123. The fourth-order valence-electron chi connectivity index (χ4n) is 5.39. The molecule has 2 aromatic heterocycles. The number of carbonyl (C=O) groups is 2. The predicted octanol–water partition coefficient (Wildman–Crippen LogP) is 4.35. The molecule has 2 atom stereocenters. The molecule has 42 heavy (non-hydrogen) atoms. The van der Waals surface area contributed by atoms with Crippen molar-refractivity contribution >= 4 is 17.5 Å². The maximum Gasteiger partial charge on any atom is 0.279 e. The molecule has 222 valence electrons. The number of carbonyl (C=O) groups excluding carboxylic acids is 2. The quantitative estimate of drug-likeness (QED) is 0.367. The summed E-state index contributed by atoms with van der Waals surface area (Å²) in [6.07, 6.45) is 8.65. The number of nitrogens with zero attached hydrogens (tertiary/aromatic N) is 4. The first-order valence-electron chi connectivity index (χ1n) is 14.5. The Hall–Kier alpha value is -4.18. The number of aromatic nitrogens is 3. The Morgan fingerprint density at radius 3 is 2.52 bits per heavy atom. The average molecular weight is 573 g/mol. The third-order valence-electron chi connectivity index (χ3n) is 7.84. The molecule has 3 aromatic rings. The van der Waals surface area contributed by atoms with Crippen molar-refractivity contribution in [1.29, 1.82) is 0 Å². The van der Waals surface area contributed by atoms with Crippen molar-refractivity contribution in [1.82, 2.24) is 25.2 Å². The first kappa shape index (κ1) is 29.3. The Balaban J connectivity index is 1.38. The van der Waals surface area contributed by atoms with Crippen LogP contribution >= 0.6 is 0 Å². The summed E-state index contributed by atoms with van der Waals surface area (Å²) in [6, 6.07) is 10.4. The summed E-state index contributed by atoms with van der Waals surface area (Å²) in [5, 5.41) is 3.23. The zero-order valence-corrected chi connectivity index (χ0v) is 24.6. The van der Waals surface area contributed by atoms with Gasteiger partial charge in [-0.3, -0.25) is 19.5 Å². The van der Waals surface area contributed by atoms with E-state index in [0.29, 0.717) is 43.4 Å². The molecule has 0 aliphatic carbocycles. The van der Waals surface area contributed by atoms with Crippen LogP contribution in [-0.4, -0.2) is 70.1 Å². The number of pyridine rings is 1. The van der Waals surface area contributed by atoms with Gasteiger partial charge in [-0.05, 0) is 48.6 Å². The number of hydrogen-bond acceptors (Lipinski definition) is 7. The van der Waals surface area contributed by atoms with Gasteiger partial charge < -0.3 is 24.7 Å². The highest BCUT2D eigenvalue weighted by Gasteiger charge is 2.36. The molecule has 2 saturated heterocycles. The van der Waals surface area contributed by atoms with E-state index in [1.54, 1.807) is 24.7 Å². The van der Waals surface area contributed by atoms with Crippen LogP contribution in [0.25, 0.3) is 0 Å². The summed E-state index contributed by atoms with van der Waals surface area (Å²) in [5.41, 5.74) is 2.48. The van der Waals surface area contributed by atoms with E-state index in [0.717, 1.165) is 24.8 Å². The van der Waals surface area contributed by atoms with E-state index in [2.05, 4.69) is 52.5 Å². The molecule has 0 bridgehead atoms. The van der Waals surface area contributed by atoms with Crippen molar-refractivity contribution in [2.24, 2.45) is 0 Å². The van der Waals surface area contributed by atoms with Crippen LogP contribution in [0, 0.1) is 0 Å². The number of anilines is 1. The number of rotatable bonds is 9. The largest absolute Gasteiger partial charge is 0.474 e. The molecule has 2 aliphatic rings. The van der Waals surface area contributed by atoms with Crippen LogP contribution in [0.3, 0.4) is 0 Å². The standard InChI is InChI=1S/C32H40N6O4/c1-22(42-27-13-17-41-20-27)37-15-11-25(12-16-37)36-30(39)29(23-6-5-14-33-18-23)38(31(40)28-19-34-21-35-28)26-9-7-24(8-10-26)32(2,3)4/h5-10,14,18-19,21,25,27,29H,1,11-13,15-17,20H2,2-4H3,(H,34,35)(H,36,39). The van der Waals surface area contributed by atoms with E-state index in [-0.39, 0.29) is 35.1 Å². The van der Waals surface area contributed by atoms with Gasteiger partial charge in [-0.25, -0.2) is 4.98 Å². The summed E-state index contributed by atoms with van der Waals surface area (Å²) in [7, 11) is 0. The monoisotopic (exact) mass is 572 g/mol. The molecule has 4 heterocycles. The maximum absolute atomic E-state index is 14.1. The number of piperidine rings is 1. The van der Waals surface area contributed by atoms with Crippen LogP contribution in [0.5, 0.6) is 0 Å². The van der Waals surface area contributed by atoms with Crippen molar-refractivity contribution in [2.45, 2.75) is 63.6 Å². The number of hydrogen-bond donors (Lipinski definition) is 2. The number of amides is 2. The fraction of sp³-hybridized carbons (Fsp3) is 0.438. The van der Waals surface area contributed by atoms with Gasteiger partial charge in [0.2, 0.25) is 5.91 Å². The summed E-state index contributed by atoms with van der Waals surface area (Å²) >= 11 is 0. The van der Waals surface area contributed by atoms with E-state index >= 15 is 0 Å². The molecule has 2 aliphatic heterocycles. The fourth-order valence-corrected chi connectivity index (χ4v) is 5.39. The molecule has 10 heteroatoms. The molecular weight excluding hydrogens is 532 g/mol. The number of H-pyrrole nitrogens is 1. The Morgan fingerprint density at radius 1 is 1.17 bits per heavy atom. The maximum atomic E-state index is 14.1. The van der Waals surface area contributed by atoms with Crippen molar-refractivity contribution < 1.29 is 19.1 Å². The minimum absolute atomic E-state index is 0.0469. The lowest BCUT2D eigenvalue weighted by Crippen LogP contribution is -2.50. The van der Waals surface area contributed by atoms with E-state index in [1.807, 2.05) is 30.3 Å². The number of aromatic amines is 1. The van der Waals surface area contributed by atoms with Gasteiger partial charge in [0, 0.05) is 55.4 Å². The molecule has 10 nitrogen and oxygen atoms in total. The third-order valence-corrected chi connectivity index (χ3v) is 7.84. The van der Waals surface area contributed by atoms with Gasteiger partial charge >= 0.3 is 0 Å². The summed E-state index contributed by atoms with van der Waals surface area (Å²) in [4.78, 5) is 43.1. The Morgan fingerprint density at radius 2 is 1.93 bits per heavy atom. The highest BCUT2D eigenvalue weighted by molar-refractivity contribution is 6.09. The van der Waals surface area contributed by atoms with Gasteiger partial charge in [-0.2, -0.15) is 0 Å². The van der Waals surface area contributed by atoms with E-state index in [1.165, 1.54) is 11.2 Å². The molecule has 0 saturated carbocycles. The average Bonchev–Trinajstić information content (AvgIpc) is 3.71. The molecule has 2 fully saturated rings. The smallest absolute Gasteiger partial charge is 0.279 e. The topological polar surface area (TPSA) is 113 Å². The van der Waals surface area contributed by atoms with Gasteiger partial charge in [-0.1, -0.05) is 39.0 Å². The lowest BCUT2D eigenvalue weighted by Gasteiger charge is -2.37. The summed E-state index contributed by atoms with van der Waals surface area (Å²) < 4.78 is 11.4. The number of imidazole rings is 1. The number of likely N-dealkylation sites (tertiary alicyclic amines) is 1. The van der Waals surface area contributed by atoms with Gasteiger partial charge in [0.1, 0.15) is 17.8 Å². The lowest BCUT2D eigenvalue weighted by atomic mass is 9.87. The zero-order chi connectivity index (χ0) is 29.7. The zero-order valence-electron chi connectivity index (χ0n) is 24.6. The van der Waals surface area contributed by atoms with Crippen LogP contribution in [0.4, 0.5) is 5.69 Å². The Kier molecular flexibility index (Phi) is 8.91. The normalized spacial score (nSPS) is 18.4. The van der Waals surface area contributed by atoms with Crippen molar-refractivity contribution in [2.75, 3.05) is 31.2 Å². The molecule has 5 rings (SSSR count). The summed E-state index contributed by atoms with van der Waals surface area (Å²) in [6.45, 7) is 13.2. The van der Waals surface area contributed by atoms with E-state index in [9.17, 15) is 9.59 Å². The van der Waals surface area contributed by atoms with Crippen LogP contribution in [0.15, 0.2) is 73.8 Å². The first-order valence-corrected chi connectivity index (χ1v) is 14.5. The minimum Gasteiger partial charge on any atom is -0.474 e. The number of ether oxygens (including phenoxy) is 2. The molecular formula is C32H40N6O4. The Labute approximate surface area is 247 Å². The predicted molar refractivity (Wildman–Crippen MR) is 160 cm³/mol. The third kappa shape index (κ3) is 6.82. The van der Waals surface area contributed by atoms with Crippen molar-refractivity contribution in [3.05, 3.63) is 90.6 Å². The molecule has 2 unspecified atom stereocenters. The molecule has 2 amide bonds. The minimum atomic E-state index is -0.956. The molecule has 2 N–H and O–H groups in total. The highest BCUT2D eigenvalue weighted by Crippen LogP contribution is 2.32. The van der Waals surface area contributed by atoms with E-state index < -0.39 is 6.04 Å². The van der Waals surface area contributed by atoms with Gasteiger partial charge in [0.25, 0.3) is 5.91 Å². The molecule has 0 spiro atoms. The van der Waals surface area contributed by atoms with Crippen molar-refractivity contribution in [3.8, 4) is 0 Å². The molecule has 1 aromatic carbocycles. The van der Waals surface area contributed by atoms with Gasteiger partial charge in [-0.15, -0.1) is 0 Å². The van der Waals surface area contributed by atoms with Crippen LogP contribution < -0.4 is 10.2 Å². The van der Waals surface area contributed by atoms with Crippen LogP contribution in [0.1, 0.15) is 67.7 Å². The van der Waals surface area contributed by atoms with Gasteiger partial charge in [0.05, 0.1) is 19.5 Å². The number of nitrogens with one attached hydrogen (secondary N) is 2. The van der Waals surface area contributed by atoms with Gasteiger partial charge in [0.15, 0.2) is 5.88 Å². The highest BCUT2D eigenvalue weighted by atomic mass is 16.6. The SMILES string of the molecule is C=C(OC1CCOC1)N1CCC(NC(=O)C(c2cccnc2)N(C(=O)c2c[nH]cn2)c2ccc(C(C)(C)C)cc2)CC1. The first-order chi connectivity index (χ1) is 20.2. The van der Waals surface area contributed by atoms with Crippen LogP contribution in [0.2, 0.25) is 0 Å². The summed E-state index contributed by atoms with van der Waals surface area (Å²) in [5.74, 6) is -0.00988. The molecule has 0 radical (unpaired) electrons. The second-order valence-corrected chi connectivity index (χ2v) is 11.9.